The van der Waals surface area contributed by atoms with Crippen LogP contribution < -0.4 is 5.73 Å². The highest BCUT2D eigenvalue weighted by atomic mass is 32.2. The van der Waals surface area contributed by atoms with Crippen LogP contribution in [-0.2, 0) is 17.2 Å². The average Bonchev–Trinajstić information content (AvgIpc) is 2.61. The molecule has 2 N–H and O–H groups in total. The van der Waals surface area contributed by atoms with Crippen molar-refractivity contribution in [1.29, 1.82) is 0 Å². The molecule has 0 radical (unpaired) electrons. The van der Waals surface area contributed by atoms with Crippen LogP contribution in [0.5, 0.6) is 0 Å². The Morgan fingerprint density at radius 2 is 2.44 bits per heavy atom. The van der Waals surface area contributed by atoms with Gasteiger partial charge in [0.05, 0.1) is 0 Å². The van der Waals surface area contributed by atoms with E-state index in [1.54, 1.807) is 6.26 Å². The normalized spacial score (nSPS) is 23.8. The number of fused-ring (bicyclic) bond motifs is 1. The molecule has 90 valence electrons. The Bertz CT molecular complexity index is 400. The van der Waals surface area contributed by atoms with Gasteiger partial charge < -0.3 is 10.3 Å². The molecular formula is C12H20N2OS. The highest BCUT2D eigenvalue weighted by Crippen LogP contribution is 2.30. The summed E-state index contributed by atoms with van der Waals surface area (Å²) < 4.78 is 13.5. The van der Waals surface area contributed by atoms with Gasteiger partial charge in [-0.2, -0.15) is 0 Å². The molecule has 0 aromatic carbocycles. The van der Waals surface area contributed by atoms with Gasteiger partial charge in [-0.25, -0.2) is 0 Å². The molecule has 0 aliphatic heterocycles. The number of nitrogens with two attached hydrogens (primary N) is 1. The number of aromatic nitrogens is 1. The second-order valence-electron chi connectivity index (χ2n) is 4.71. The molecule has 4 heteroatoms. The predicted molar refractivity (Wildman–Crippen MR) is 67.9 cm³/mol. The first-order valence-corrected chi connectivity index (χ1v) is 7.57. The van der Waals surface area contributed by atoms with Crippen LogP contribution in [0.25, 0.3) is 0 Å². The van der Waals surface area contributed by atoms with Crippen molar-refractivity contribution < 1.29 is 4.21 Å². The molecule has 1 aliphatic carbocycles. The Balaban J connectivity index is 2.25. The summed E-state index contributed by atoms with van der Waals surface area (Å²) in [5.41, 5.74) is 8.74. The predicted octanol–water partition coefficient (Wildman–Crippen LogP) is 1.76. The zero-order valence-electron chi connectivity index (χ0n) is 9.98. The summed E-state index contributed by atoms with van der Waals surface area (Å²) in [6.07, 6.45) is 7.23. The summed E-state index contributed by atoms with van der Waals surface area (Å²) in [6, 6.07) is 2.64. The first-order chi connectivity index (χ1) is 7.59. The Morgan fingerprint density at radius 3 is 3.12 bits per heavy atom. The van der Waals surface area contributed by atoms with Gasteiger partial charge in [0.25, 0.3) is 0 Å². The fraction of sp³-hybridized carbons (Fsp3) is 0.667. The van der Waals surface area contributed by atoms with Crippen LogP contribution in [0, 0.1) is 0 Å². The molecule has 0 fully saturated rings. The Morgan fingerprint density at radius 1 is 1.69 bits per heavy atom. The molecule has 3 atom stereocenters. The first kappa shape index (κ1) is 11.9. The lowest BCUT2D eigenvalue weighted by Gasteiger charge is -2.23. The fourth-order valence-corrected chi connectivity index (χ4v) is 3.42. The number of hydrogen-bond donors (Lipinski definition) is 1. The average molecular weight is 240 g/mol. The van der Waals surface area contributed by atoms with E-state index in [-0.39, 0.29) is 6.04 Å². The lowest BCUT2D eigenvalue weighted by molar-refractivity contribution is 0.514. The maximum absolute atomic E-state index is 11.3. The Labute approximate surface area is 99.5 Å². The molecule has 3 nitrogen and oxygen atoms in total. The van der Waals surface area contributed by atoms with Crippen LogP contribution in [-0.4, -0.2) is 20.8 Å². The molecule has 0 saturated heterocycles. The maximum Gasteiger partial charge on any atom is 0.0437 e. The van der Waals surface area contributed by atoms with Crippen LogP contribution in [0.15, 0.2) is 12.3 Å². The molecule has 0 bridgehead atoms. The van der Waals surface area contributed by atoms with Crippen molar-refractivity contribution in [1.82, 2.24) is 4.57 Å². The molecule has 0 saturated carbocycles. The van der Waals surface area contributed by atoms with Crippen LogP contribution in [0.1, 0.15) is 43.1 Å². The molecule has 0 spiro atoms. The van der Waals surface area contributed by atoms with E-state index in [9.17, 15) is 4.21 Å². The van der Waals surface area contributed by atoms with Gasteiger partial charge in [-0.15, -0.1) is 0 Å². The van der Waals surface area contributed by atoms with E-state index in [2.05, 4.69) is 23.8 Å². The van der Waals surface area contributed by atoms with E-state index in [1.807, 2.05) is 0 Å². The third kappa shape index (κ3) is 2.23. The maximum atomic E-state index is 11.3. The zero-order chi connectivity index (χ0) is 11.7. The molecule has 1 aliphatic rings. The van der Waals surface area contributed by atoms with Crippen molar-refractivity contribution in [3.8, 4) is 0 Å². The molecular weight excluding hydrogens is 220 g/mol. The third-order valence-corrected chi connectivity index (χ3v) is 4.29. The van der Waals surface area contributed by atoms with Gasteiger partial charge in [0.2, 0.25) is 0 Å². The molecule has 3 unspecified atom stereocenters. The van der Waals surface area contributed by atoms with Crippen LogP contribution in [0.4, 0.5) is 0 Å². The molecule has 1 heterocycles. The highest BCUT2D eigenvalue weighted by Gasteiger charge is 2.22. The summed E-state index contributed by atoms with van der Waals surface area (Å²) in [5, 5.41) is 0. The van der Waals surface area contributed by atoms with Gasteiger partial charge in [-0.1, -0.05) is 0 Å². The lowest BCUT2D eigenvalue weighted by Crippen LogP contribution is -2.21. The minimum absolute atomic E-state index is 0.198. The van der Waals surface area contributed by atoms with Gasteiger partial charge >= 0.3 is 0 Å². The van der Waals surface area contributed by atoms with E-state index in [1.165, 1.54) is 17.7 Å². The molecule has 1 aromatic heterocycles. The summed E-state index contributed by atoms with van der Waals surface area (Å²) in [4.78, 5) is 0. The second kappa shape index (κ2) is 4.72. The van der Waals surface area contributed by atoms with Gasteiger partial charge in [0, 0.05) is 46.8 Å². The van der Waals surface area contributed by atoms with E-state index < -0.39 is 10.8 Å². The standard InChI is InChI=1S/C12H20N2OS/c1-9(8-16(2)15)14-7-6-10-11(13)4-3-5-12(10)14/h6-7,9,11H,3-5,8,13H2,1-2H3. The largest absolute Gasteiger partial charge is 0.347 e. The van der Waals surface area contributed by atoms with Gasteiger partial charge in [-0.3, -0.25) is 4.21 Å². The van der Waals surface area contributed by atoms with Crippen molar-refractivity contribution in [3.63, 3.8) is 0 Å². The number of rotatable bonds is 3. The van der Waals surface area contributed by atoms with Crippen molar-refractivity contribution in [2.24, 2.45) is 5.73 Å². The number of hydrogen-bond acceptors (Lipinski definition) is 2. The summed E-state index contributed by atoms with van der Waals surface area (Å²) in [6.45, 7) is 2.13. The van der Waals surface area contributed by atoms with Crippen molar-refractivity contribution in [2.45, 2.75) is 38.3 Å². The summed E-state index contributed by atoms with van der Waals surface area (Å²) in [7, 11) is -0.742. The van der Waals surface area contributed by atoms with Gasteiger partial charge in [0.15, 0.2) is 0 Å². The van der Waals surface area contributed by atoms with Crippen molar-refractivity contribution in [2.75, 3.05) is 12.0 Å². The van der Waals surface area contributed by atoms with E-state index in [0.29, 0.717) is 6.04 Å². The SMILES string of the molecule is CC(CS(C)=O)n1ccc2c1CCCC2N. The van der Waals surface area contributed by atoms with E-state index in [0.717, 1.165) is 18.6 Å². The van der Waals surface area contributed by atoms with Gasteiger partial charge in [-0.05, 0) is 37.8 Å². The second-order valence-corrected chi connectivity index (χ2v) is 6.19. The number of nitrogens with zero attached hydrogens (tertiary/aromatic N) is 1. The molecule has 0 amide bonds. The van der Waals surface area contributed by atoms with Gasteiger partial charge in [0.1, 0.15) is 0 Å². The summed E-state index contributed by atoms with van der Waals surface area (Å²) in [5.74, 6) is 0.719. The van der Waals surface area contributed by atoms with Crippen LogP contribution >= 0.6 is 0 Å². The molecule has 2 rings (SSSR count). The van der Waals surface area contributed by atoms with Crippen molar-refractivity contribution in [3.05, 3.63) is 23.5 Å². The fourth-order valence-electron chi connectivity index (χ4n) is 2.58. The van der Waals surface area contributed by atoms with Crippen molar-refractivity contribution >= 4 is 10.8 Å². The highest BCUT2D eigenvalue weighted by molar-refractivity contribution is 7.84. The van der Waals surface area contributed by atoms with E-state index in [4.69, 9.17) is 5.73 Å². The summed E-state index contributed by atoms with van der Waals surface area (Å²) >= 11 is 0. The van der Waals surface area contributed by atoms with Crippen LogP contribution in [0.3, 0.4) is 0 Å². The molecule has 16 heavy (non-hydrogen) atoms. The zero-order valence-corrected chi connectivity index (χ0v) is 10.8. The van der Waals surface area contributed by atoms with Crippen LogP contribution in [0.2, 0.25) is 0 Å². The quantitative estimate of drug-likeness (QED) is 0.875. The smallest absolute Gasteiger partial charge is 0.0437 e. The Hall–Kier alpha value is -0.610. The topological polar surface area (TPSA) is 48.0 Å². The van der Waals surface area contributed by atoms with E-state index >= 15 is 0 Å². The minimum Gasteiger partial charge on any atom is -0.347 e. The minimum atomic E-state index is -0.742. The lowest BCUT2D eigenvalue weighted by atomic mass is 9.93. The first-order valence-electron chi connectivity index (χ1n) is 5.85. The molecule has 1 aromatic rings. The third-order valence-electron chi connectivity index (χ3n) is 3.34. The monoisotopic (exact) mass is 240 g/mol. The Kier molecular flexibility index (Phi) is 3.50.